The van der Waals surface area contributed by atoms with E-state index in [4.69, 9.17) is 5.73 Å². The molecule has 0 atom stereocenters. The first-order chi connectivity index (χ1) is 13.0. The van der Waals surface area contributed by atoms with Crippen LogP contribution in [0.1, 0.15) is 15.9 Å². The summed E-state index contributed by atoms with van der Waals surface area (Å²) in [6, 6.07) is 13.0. The van der Waals surface area contributed by atoms with E-state index in [0.717, 1.165) is 22.1 Å². The molecule has 1 aromatic heterocycles. The second-order valence-electron chi connectivity index (χ2n) is 6.08. The van der Waals surface area contributed by atoms with Crippen LogP contribution >= 0.6 is 0 Å². The van der Waals surface area contributed by atoms with Gasteiger partial charge in [0.1, 0.15) is 0 Å². The van der Waals surface area contributed by atoms with Crippen molar-refractivity contribution in [1.82, 2.24) is 10.3 Å². The van der Waals surface area contributed by atoms with Gasteiger partial charge in [-0.05, 0) is 34.9 Å². The summed E-state index contributed by atoms with van der Waals surface area (Å²) in [6.07, 6.45) is 4.45. The van der Waals surface area contributed by atoms with Gasteiger partial charge in [0.25, 0.3) is 5.91 Å². The summed E-state index contributed by atoms with van der Waals surface area (Å²) in [7, 11) is 1.51. The van der Waals surface area contributed by atoms with E-state index in [1.54, 1.807) is 12.3 Å². The molecule has 4 N–H and O–H groups in total. The van der Waals surface area contributed by atoms with E-state index in [-0.39, 0.29) is 18.1 Å². The lowest BCUT2D eigenvalue weighted by Gasteiger charge is -2.08. The van der Waals surface area contributed by atoms with Crippen molar-refractivity contribution in [2.24, 2.45) is 5.73 Å². The number of rotatable bonds is 6. The normalized spacial score (nSPS) is 11.0. The average molecular weight is 361 g/mol. The Hall–Kier alpha value is -3.67. The molecule has 27 heavy (non-hydrogen) atoms. The molecule has 0 saturated carbocycles. The summed E-state index contributed by atoms with van der Waals surface area (Å²) >= 11 is 0. The van der Waals surface area contributed by atoms with Gasteiger partial charge in [-0.25, -0.2) is 0 Å². The Labute approximate surface area is 156 Å². The van der Waals surface area contributed by atoms with E-state index in [1.165, 1.54) is 19.2 Å². The minimum Gasteiger partial charge on any atom is -0.366 e. The molecular formula is C21H19N3O3. The lowest BCUT2D eigenvalue weighted by atomic mass is 9.96. The number of amides is 2. The van der Waals surface area contributed by atoms with Gasteiger partial charge in [0, 0.05) is 31.1 Å². The number of primary amides is 1. The third-order valence-corrected chi connectivity index (χ3v) is 4.27. The van der Waals surface area contributed by atoms with E-state index >= 15 is 0 Å². The first-order valence-corrected chi connectivity index (χ1v) is 8.41. The van der Waals surface area contributed by atoms with Crippen LogP contribution < -0.4 is 11.1 Å². The van der Waals surface area contributed by atoms with Crippen LogP contribution in [-0.2, 0) is 16.0 Å². The maximum atomic E-state index is 12.0. The zero-order chi connectivity index (χ0) is 19.4. The SMILES string of the molecule is CNC(=O)/C=C/C(=O)Cc1cccc(-c2ccc(C(N)=O)c3[nH]ccc23)c1. The first kappa shape index (κ1) is 18.1. The van der Waals surface area contributed by atoms with Crippen molar-refractivity contribution in [3.8, 4) is 11.1 Å². The van der Waals surface area contributed by atoms with Gasteiger partial charge in [-0.15, -0.1) is 0 Å². The summed E-state index contributed by atoms with van der Waals surface area (Å²) < 4.78 is 0. The Balaban J connectivity index is 1.91. The highest BCUT2D eigenvalue weighted by Crippen LogP contribution is 2.30. The van der Waals surface area contributed by atoms with Crippen LogP contribution in [0.4, 0.5) is 0 Å². The maximum absolute atomic E-state index is 12.0. The minimum atomic E-state index is -0.490. The Morgan fingerprint density at radius 1 is 1.11 bits per heavy atom. The van der Waals surface area contributed by atoms with Crippen LogP contribution in [0.25, 0.3) is 22.0 Å². The van der Waals surface area contributed by atoms with Gasteiger partial charge in [-0.3, -0.25) is 14.4 Å². The molecule has 6 nitrogen and oxygen atoms in total. The molecule has 0 unspecified atom stereocenters. The molecule has 0 saturated heterocycles. The molecular weight excluding hydrogens is 342 g/mol. The quantitative estimate of drug-likeness (QED) is 0.587. The highest BCUT2D eigenvalue weighted by Gasteiger charge is 2.12. The molecule has 3 rings (SSSR count). The van der Waals surface area contributed by atoms with Gasteiger partial charge in [0.2, 0.25) is 5.91 Å². The molecule has 0 spiro atoms. The second kappa shape index (κ2) is 7.70. The molecule has 2 amide bonds. The topological polar surface area (TPSA) is 105 Å². The predicted molar refractivity (Wildman–Crippen MR) is 104 cm³/mol. The number of fused-ring (bicyclic) bond motifs is 1. The van der Waals surface area contributed by atoms with Crippen LogP contribution in [-0.4, -0.2) is 29.6 Å². The molecule has 0 bridgehead atoms. The van der Waals surface area contributed by atoms with Gasteiger partial charge >= 0.3 is 0 Å². The number of H-pyrrole nitrogens is 1. The van der Waals surface area contributed by atoms with Gasteiger partial charge in [0.15, 0.2) is 5.78 Å². The number of likely N-dealkylation sites (N-methyl/N-ethyl adjacent to an activating group) is 1. The third-order valence-electron chi connectivity index (χ3n) is 4.27. The smallest absolute Gasteiger partial charge is 0.250 e. The Kier molecular flexibility index (Phi) is 5.17. The van der Waals surface area contributed by atoms with Crippen LogP contribution in [0.3, 0.4) is 0 Å². The van der Waals surface area contributed by atoms with E-state index < -0.39 is 5.91 Å². The summed E-state index contributed by atoms with van der Waals surface area (Å²) in [5.74, 6) is -0.968. The summed E-state index contributed by atoms with van der Waals surface area (Å²) in [4.78, 5) is 37.9. The molecule has 0 aliphatic heterocycles. The van der Waals surface area contributed by atoms with Crippen molar-refractivity contribution in [3.63, 3.8) is 0 Å². The van der Waals surface area contributed by atoms with Crippen LogP contribution in [0.5, 0.6) is 0 Å². The van der Waals surface area contributed by atoms with E-state index in [1.807, 2.05) is 36.4 Å². The highest BCUT2D eigenvalue weighted by molar-refractivity contribution is 6.09. The monoisotopic (exact) mass is 361 g/mol. The van der Waals surface area contributed by atoms with E-state index in [0.29, 0.717) is 11.1 Å². The predicted octanol–water partition coefficient (Wildman–Crippen LogP) is 2.35. The molecule has 6 heteroatoms. The number of benzene rings is 2. The Morgan fingerprint density at radius 3 is 2.67 bits per heavy atom. The number of nitrogens with two attached hydrogens (primary N) is 1. The number of nitrogens with one attached hydrogen (secondary N) is 2. The van der Waals surface area contributed by atoms with Crippen molar-refractivity contribution >= 4 is 28.5 Å². The molecule has 0 aliphatic rings. The fourth-order valence-electron chi connectivity index (χ4n) is 2.97. The number of hydrogen-bond acceptors (Lipinski definition) is 3. The van der Waals surface area contributed by atoms with Crippen molar-refractivity contribution in [2.75, 3.05) is 7.05 Å². The molecule has 136 valence electrons. The second-order valence-corrected chi connectivity index (χ2v) is 6.08. The number of hydrogen-bond donors (Lipinski definition) is 3. The molecule has 3 aromatic rings. The van der Waals surface area contributed by atoms with Crippen LogP contribution in [0.2, 0.25) is 0 Å². The highest BCUT2D eigenvalue weighted by atomic mass is 16.2. The molecule has 2 aromatic carbocycles. The van der Waals surface area contributed by atoms with Gasteiger partial charge < -0.3 is 16.0 Å². The zero-order valence-corrected chi connectivity index (χ0v) is 14.8. The van der Waals surface area contributed by atoms with Crippen molar-refractivity contribution in [1.29, 1.82) is 0 Å². The lowest BCUT2D eigenvalue weighted by Crippen LogP contribution is -2.14. The molecule has 0 fully saturated rings. The van der Waals surface area contributed by atoms with Gasteiger partial charge in [0.05, 0.1) is 11.1 Å². The van der Waals surface area contributed by atoms with Crippen molar-refractivity contribution in [2.45, 2.75) is 6.42 Å². The van der Waals surface area contributed by atoms with Crippen molar-refractivity contribution in [3.05, 3.63) is 71.9 Å². The average Bonchev–Trinajstić information content (AvgIpc) is 3.15. The molecule has 0 radical (unpaired) electrons. The summed E-state index contributed by atoms with van der Waals surface area (Å²) in [5.41, 5.74) is 9.26. The third kappa shape index (κ3) is 3.95. The molecule has 0 aliphatic carbocycles. The van der Waals surface area contributed by atoms with Crippen LogP contribution in [0, 0.1) is 0 Å². The Morgan fingerprint density at radius 2 is 1.93 bits per heavy atom. The summed E-state index contributed by atoms with van der Waals surface area (Å²) in [5, 5.41) is 3.31. The number of aromatic amines is 1. The summed E-state index contributed by atoms with van der Waals surface area (Å²) in [6.45, 7) is 0. The lowest BCUT2D eigenvalue weighted by molar-refractivity contribution is -0.117. The number of ketones is 1. The number of carbonyl (C=O) groups is 3. The largest absolute Gasteiger partial charge is 0.366 e. The maximum Gasteiger partial charge on any atom is 0.250 e. The van der Waals surface area contributed by atoms with Gasteiger partial charge in [-0.1, -0.05) is 30.3 Å². The first-order valence-electron chi connectivity index (χ1n) is 8.41. The molecule has 1 heterocycles. The Bertz CT molecular complexity index is 1060. The zero-order valence-electron chi connectivity index (χ0n) is 14.8. The fourth-order valence-corrected chi connectivity index (χ4v) is 2.97. The van der Waals surface area contributed by atoms with Crippen LogP contribution in [0.15, 0.2) is 60.8 Å². The standard InChI is InChI=1S/C21H19N3O3/c1-23-19(26)8-5-15(25)12-13-3-2-4-14(11-13)16-6-7-18(21(22)27)20-17(16)9-10-24-20/h2-11,24H,12H2,1H3,(H2,22,27)(H,23,26)/b8-5+. The van der Waals surface area contributed by atoms with Gasteiger partial charge in [-0.2, -0.15) is 0 Å². The number of carbonyl (C=O) groups excluding carboxylic acids is 3. The fraction of sp³-hybridized carbons (Fsp3) is 0.0952. The number of allylic oxidation sites excluding steroid dienone is 1. The van der Waals surface area contributed by atoms with E-state index in [9.17, 15) is 14.4 Å². The van der Waals surface area contributed by atoms with E-state index in [2.05, 4.69) is 10.3 Å². The minimum absolute atomic E-state index is 0.161. The number of aromatic nitrogens is 1. The van der Waals surface area contributed by atoms with Crippen molar-refractivity contribution < 1.29 is 14.4 Å².